The van der Waals surface area contributed by atoms with Crippen LogP contribution < -0.4 is 5.32 Å². The zero-order valence-corrected chi connectivity index (χ0v) is 12.7. The number of carbonyl (C=O) groups excluding carboxylic acids is 1. The fraction of sp³-hybridized carbons (Fsp3) is 0.615. The van der Waals surface area contributed by atoms with Gasteiger partial charge in [0.25, 0.3) is 0 Å². The summed E-state index contributed by atoms with van der Waals surface area (Å²) in [4.78, 5) is 28.5. The van der Waals surface area contributed by atoms with Gasteiger partial charge >= 0.3 is 12.0 Å². The summed E-state index contributed by atoms with van der Waals surface area (Å²) in [6, 6.07) is -0.161. The fourth-order valence-electron chi connectivity index (χ4n) is 2.25. The van der Waals surface area contributed by atoms with Gasteiger partial charge in [-0.15, -0.1) is 11.3 Å². The van der Waals surface area contributed by atoms with Crippen LogP contribution >= 0.6 is 11.3 Å². The molecule has 0 saturated carbocycles. The third-order valence-corrected chi connectivity index (χ3v) is 4.08. The molecule has 21 heavy (non-hydrogen) atoms. The Morgan fingerprint density at radius 2 is 2.43 bits per heavy atom. The molecule has 8 heteroatoms. The molecule has 0 spiro atoms. The summed E-state index contributed by atoms with van der Waals surface area (Å²) in [5.41, 5.74) is 0.0126. The van der Waals surface area contributed by atoms with Gasteiger partial charge in [0.1, 0.15) is 5.01 Å². The van der Waals surface area contributed by atoms with E-state index in [9.17, 15) is 9.59 Å². The first-order valence-corrected chi connectivity index (χ1v) is 7.80. The van der Waals surface area contributed by atoms with E-state index in [0.29, 0.717) is 24.7 Å². The molecule has 1 aromatic rings. The zero-order chi connectivity index (χ0) is 15.2. The Kier molecular flexibility index (Phi) is 5.51. The highest BCUT2D eigenvalue weighted by Crippen LogP contribution is 2.14. The van der Waals surface area contributed by atoms with Crippen molar-refractivity contribution in [3.8, 4) is 0 Å². The van der Waals surface area contributed by atoms with Crippen molar-refractivity contribution in [2.75, 3.05) is 19.7 Å². The molecular weight excluding hydrogens is 294 g/mol. The van der Waals surface area contributed by atoms with Crippen LogP contribution in [0.25, 0.3) is 0 Å². The fourth-order valence-corrected chi connectivity index (χ4v) is 2.96. The maximum absolute atomic E-state index is 12.1. The molecule has 1 atom stereocenters. The van der Waals surface area contributed by atoms with Gasteiger partial charge in [-0.2, -0.15) is 0 Å². The molecule has 2 N–H and O–H groups in total. The van der Waals surface area contributed by atoms with Gasteiger partial charge in [-0.25, -0.2) is 14.6 Å². The largest absolute Gasteiger partial charge is 0.476 e. The number of rotatable bonds is 5. The average molecular weight is 313 g/mol. The van der Waals surface area contributed by atoms with Crippen LogP contribution in [0.4, 0.5) is 4.79 Å². The minimum absolute atomic E-state index is 0.0126. The van der Waals surface area contributed by atoms with Crippen molar-refractivity contribution < 1.29 is 19.4 Å². The topological polar surface area (TPSA) is 91.8 Å². The minimum Gasteiger partial charge on any atom is -0.476 e. The van der Waals surface area contributed by atoms with Crippen molar-refractivity contribution in [2.45, 2.75) is 32.4 Å². The standard InChI is InChI=1S/C13H19N3O4S/c1-2-20-9-4-3-5-16(7-9)13(19)14-6-11-15-10(8-21-11)12(17)18/h8-9H,2-7H2,1H3,(H,14,19)(H,17,18). The Hall–Kier alpha value is -1.67. The maximum Gasteiger partial charge on any atom is 0.355 e. The molecule has 0 bridgehead atoms. The first kappa shape index (κ1) is 15.7. The van der Waals surface area contributed by atoms with Crippen LogP contribution in [0, 0.1) is 0 Å². The molecule has 2 amide bonds. The van der Waals surface area contributed by atoms with E-state index in [1.807, 2.05) is 6.92 Å². The van der Waals surface area contributed by atoms with Gasteiger partial charge < -0.3 is 20.1 Å². The Bertz CT molecular complexity index is 503. The van der Waals surface area contributed by atoms with Crippen molar-refractivity contribution in [3.05, 3.63) is 16.1 Å². The minimum atomic E-state index is -1.06. The number of carbonyl (C=O) groups is 2. The summed E-state index contributed by atoms with van der Waals surface area (Å²) < 4.78 is 5.56. The third kappa shape index (κ3) is 4.40. The zero-order valence-electron chi connectivity index (χ0n) is 11.9. The van der Waals surface area contributed by atoms with Crippen molar-refractivity contribution in [3.63, 3.8) is 0 Å². The number of hydrogen-bond donors (Lipinski definition) is 2. The average Bonchev–Trinajstić information content (AvgIpc) is 2.94. The molecule has 0 aliphatic carbocycles. The molecule has 116 valence electrons. The Morgan fingerprint density at radius 1 is 1.62 bits per heavy atom. The van der Waals surface area contributed by atoms with E-state index in [2.05, 4.69) is 10.3 Å². The number of amides is 2. The van der Waals surface area contributed by atoms with E-state index < -0.39 is 5.97 Å². The number of ether oxygens (including phenoxy) is 1. The molecule has 1 saturated heterocycles. The normalized spacial score (nSPS) is 18.5. The van der Waals surface area contributed by atoms with E-state index in [4.69, 9.17) is 9.84 Å². The number of urea groups is 1. The number of aromatic nitrogens is 1. The summed E-state index contributed by atoms with van der Waals surface area (Å²) in [5.74, 6) is -1.06. The second kappa shape index (κ2) is 7.37. The van der Waals surface area contributed by atoms with Gasteiger partial charge in [0.15, 0.2) is 5.69 Å². The van der Waals surface area contributed by atoms with Gasteiger partial charge in [-0.05, 0) is 19.8 Å². The van der Waals surface area contributed by atoms with Crippen molar-refractivity contribution in [1.29, 1.82) is 0 Å². The number of carboxylic acids is 1. The van der Waals surface area contributed by atoms with Gasteiger partial charge in [-0.1, -0.05) is 0 Å². The molecule has 2 heterocycles. The van der Waals surface area contributed by atoms with E-state index in [1.54, 1.807) is 4.90 Å². The molecular formula is C13H19N3O4S. The highest BCUT2D eigenvalue weighted by atomic mass is 32.1. The SMILES string of the molecule is CCOC1CCCN(C(=O)NCc2nc(C(=O)O)cs2)C1. The molecule has 0 radical (unpaired) electrons. The predicted molar refractivity (Wildman–Crippen MR) is 77.5 cm³/mol. The molecule has 1 unspecified atom stereocenters. The monoisotopic (exact) mass is 313 g/mol. The van der Waals surface area contributed by atoms with E-state index in [1.165, 1.54) is 16.7 Å². The second-order valence-corrected chi connectivity index (χ2v) is 5.70. The van der Waals surface area contributed by atoms with Gasteiger partial charge in [0.05, 0.1) is 12.6 Å². The molecule has 1 aliphatic heterocycles. The van der Waals surface area contributed by atoms with Crippen LogP contribution in [0.2, 0.25) is 0 Å². The summed E-state index contributed by atoms with van der Waals surface area (Å²) >= 11 is 1.23. The van der Waals surface area contributed by atoms with Crippen LogP contribution in [-0.4, -0.2) is 52.8 Å². The molecule has 1 fully saturated rings. The van der Waals surface area contributed by atoms with Crippen molar-refractivity contribution in [1.82, 2.24) is 15.2 Å². The van der Waals surface area contributed by atoms with Crippen molar-refractivity contribution in [2.24, 2.45) is 0 Å². The molecule has 7 nitrogen and oxygen atoms in total. The summed E-state index contributed by atoms with van der Waals surface area (Å²) in [6.07, 6.45) is 2.01. The number of carboxylic acid groups (broad SMARTS) is 1. The lowest BCUT2D eigenvalue weighted by atomic mass is 10.1. The smallest absolute Gasteiger partial charge is 0.355 e. The lowest BCUT2D eigenvalue weighted by Gasteiger charge is -2.32. The number of thiazole rings is 1. The van der Waals surface area contributed by atoms with Gasteiger partial charge in [0, 0.05) is 25.1 Å². The lowest BCUT2D eigenvalue weighted by molar-refractivity contribution is 0.0164. The summed E-state index contributed by atoms with van der Waals surface area (Å²) in [7, 11) is 0. The van der Waals surface area contributed by atoms with E-state index in [-0.39, 0.29) is 24.4 Å². The highest BCUT2D eigenvalue weighted by Gasteiger charge is 2.23. The number of nitrogens with one attached hydrogen (secondary N) is 1. The molecule has 0 aromatic carbocycles. The number of piperidine rings is 1. The lowest BCUT2D eigenvalue weighted by Crippen LogP contribution is -2.47. The Balaban J connectivity index is 1.81. The number of nitrogens with zero attached hydrogens (tertiary/aromatic N) is 2. The third-order valence-electron chi connectivity index (χ3n) is 3.23. The van der Waals surface area contributed by atoms with E-state index in [0.717, 1.165) is 12.8 Å². The van der Waals surface area contributed by atoms with Crippen LogP contribution in [0.5, 0.6) is 0 Å². The number of aromatic carboxylic acids is 1. The maximum atomic E-state index is 12.1. The van der Waals surface area contributed by atoms with Crippen LogP contribution in [0.15, 0.2) is 5.38 Å². The molecule has 2 rings (SSSR count). The van der Waals surface area contributed by atoms with Crippen LogP contribution in [-0.2, 0) is 11.3 Å². The Labute approximate surface area is 126 Å². The summed E-state index contributed by atoms with van der Waals surface area (Å²) in [5, 5.41) is 13.6. The van der Waals surface area contributed by atoms with Crippen LogP contribution in [0.3, 0.4) is 0 Å². The number of hydrogen-bond acceptors (Lipinski definition) is 5. The van der Waals surface area contributed by atoms with Gasteiger partial charge in [-0.3, -0.25) is 0 Å². The van der Waals surface area contributed by atoms with E-state index >= 15 is 0 Å². The Morgan fingerprint density at radius 3 is 3.10 bits per heavy atom. The highest BCUT2D eigenvalue weighted by molar-refractivity contribution is 7.09. The first-order chi connectivity index (χ1) is 10.1. The molecule has 1 aliphatic rings. The molecule has 1 aromatic heterocycles. The quantitative estimate of drug-likeness (QED) is 0.860. The first-order valence-electron chi connectivity index (χ1n) is 6.92. The predicted octanol–water partition coefficient (Wildman–Crippen LogP) is 1.55. The second-order valence-electron chi connectivity index (χ2n) is 4.76. The summed E-state index contributed by atoms with van der Waals surface area (Å²) in [6.45, 7) is 4.15. The van der Waals surface area contributed by atoms with Gasteiger partial charge in [0.2, 0.25) is 0 Å². The van der Waals surface area contributed by atoms with Crippen molar-refractivity contribution >= 4 is 23.3 Å². The van der Waals surface area contributed by atoms with Crippen LogP contribution in [0.1, 0.15) is 35.3 Å². The number of likely N-dealkylation sites (tertiary alicyclic amines) is 1.